The Kier molecular flexibility index (Phi) is 4.78. The second-order valence-corrected chi connectivity index (χ2v) is 9.72. The molecule has 3 aromatic carbocycles. The third-order valence-corrected chi connectivity index (χ3v) is 7.30. The van der Waals surface area contributed by atoms with Crippen LogP contribution in [0.1, 0.15) is 30.5 Å². The van der Waals surface area contributed by atoms with Gasteiger partial charge in [-0.05, 0) is 41.0 Å². The van der Waals surface area contributed by atoms with Gasteiger partial charge in [-0.15, -0.1) is 0 Å². The zero-order chi connectivity index (χ0) is 21.6. The Morgan fingerprint density at radius 3 is 2.35 bits per heavy atom. The van der Waals surface area contributed by atoms with E-state index in [-0.39, 0.29) is 11.3 Å². The minimum absolute atomic E-state index is 0.159. The van der Waals surface area contributed by atoms with Crippen LogP contribution in [-0.4, -0.2) is 23.0 Å². The Balaban J connectivity index is 1.66. The topological polar surface area (TPSA) is 23.6 Å². The molecular weight excluding hydrogens is 448 g/mol. The molecule has 4 heteroatoms. The molecule has 0 radical (unpaired) electrons. The van der Waals surface area contributed by atoms with Gasteiger partial charge in [-0.2, -0.15) is 0 Å². The number of hydrogen-bond donors (Lipinski definition) is 0. The first-order valence-corrected chi connectivity index (χ1v) is 11.4. The van der Waals surface area contributed by atoms with E-state index < -0.39 is 5.66 Å². The summed E-state index contributed by atoms with van der Waals surface area (Å²) < 4.78 is 1.06. The van der Waals surface area contributed by atoms with Crippen LogP contribution in [0.3, 0.4) is 0 Å². The number of anilines is 1. The predicted molar refractivity (Wildman–Crippen MR) is 130 cm³/mol. The number of para-hydroxylation sites is 1. The molecular formula is C27H25BrN2O. The van der Waals surface area contributed by atoms with E-state index in [9.17, 15) is 4.79 Å². The standard InChI is InChI=1S/C27H25BrN2O/c1-26(2)23-10-6-7-11-24(23)29-19-25(31)30(18-21-8-4-3-5-9-21)27(26,29)17-16-20-12-14-22(28)15-13-20/h3-17H,18-19H2,1-2H3/b17-16+. The lowest BCUT2D eigenvalue weighted by molar-refractivity contribution is -0.131. The van der Waals surface area contributed by atoms with Gasteiger partial charge in [0.1, 0.15) is 5.66 Å². The van der Waals surface area contributed by atoms with Gasteiger partial charge >= 0.3 is 0 Å². The average molecular weight is 473 g/mol. The molecule has 0 saturated carbocycles. The van der Waals surface area contributed by atoms with Crippen LogP contribution in [0.15, 0.2) is 89.4 Å². The number of amides is 1. The zero-order valence-electron chi connectivity index (χ0n) is 17.8. The van der Waals surface area contributed by atoms with Crippen LogP contribution in [0, 0.1) is 0 Å². The van der Waals surface area contributed by atoms with Gasteiger partial charge < -0.3 is 9.80 Å². The minimum atomic E-state index is -0.573. The predicted octanol–water partition coefficient (Wildman–Crippen LogP) is 6.00. The van der Waals surface area contributed by atoms with E-state index in [1.165, 1.54) is 5.56 Å². The molecule has 5 rings (SSSR count). The summed E-state index contributed by atoms with van der Waals surface area (Å²) in [6, 6.07) is 27.1. The highest BCUT2D eigenvalue weighted by atomic mass is 79.9. The summed E-state index contributed by atoms with van der Waals surface area (Å²) in [5.74, 6) is 0.159. The molecule has 1 saturated heterocycles. The van der Waals surface area contributed by atoms with Crippen LogP contribution in [0.5, 0.6) is 0 Å². The molecule has 0 bridgehead atoms. The molecule has 3 aromatic rings. The maximum atomic E-state index is 13.4. The van der Waals surface area contributed by atoms with Crippen LogP contribution in [0.4, 0.5) is 5.69 Å². The fraction of sp³-hybridized carbons (Fsp3) is 0.222. The number of halogens is 1. The van der Waals surface area contributed by atoms with Gasteiger partial charge in [0, 0.05) is 22.1 Å². The molecule has 0 aromatic heterocycles. The normalized spacial score (nSPS) is 21.6. The molecule has 0 spiro atoms. The number of nitrogens with zero attached hydrogens (tertiary/aromatic N) is 2. The molecule has 1 unspecified atom stereocenters. The summed E-state index contributed by atoms with van der Waals surface area (Å²) in [4.78, 5) is 17.8. The van der Waals surface area contributed by atoms with Gasteiger partial charge in [-0.3, -0.25) is 4.79 Å². The Bertz CT molecular complexity index is 1150. The van der Waals surface area contributed by atoms with Gasteiger partial charge in [0.15, 0.2) is 0 Å². The Hall–Kier alpha value is -2.85. The lowest BCUT2D eigenvalue weighted by atomic mass is 9.74. The SMILES string of the molecule is CC1(C)c2ccccc2N2CC(=O)N(Cc3ccccc3)C21/C=C/c1ccc(Br)cc1. The van der Waals surface area contributed by atoms with Crippen molar-refractivity contribution in [1.82, 2.24) is 4.90 Å². The summed E-state index contributed by atoms with van der Waals surface area (Å²) in [6.45, 7) is 5.49. The van der Waals surface area contributed by atoms with Crippen LogP contribution < -0.4 is 4.90 Å². The number of carbonyl (C=O) groups is 1. The molecule has 0 aliphatic carbocycles. The van der Waals surface area contributed by atoms with Gasteiger partial charge in [0.25, 0.3) is 0 Å². The van der Waals surface area contributed by atoms with Crippen molar-refractivity contribution in [1.29, 1.82) is 0 Å². The van der Waals surface area contributed by atoms with E-state index in [1.807, 2.05) is 30.3 Å². The monoisotopic (exact) mass is 472 g/mol. The van der Waals surface area contributed by atoms with Crippen molar-refractivity contribution in [2.75, 3.05) is 11.4 Å². The average Bonchev–Trinajstić information content (AvgIpc) is 3.16. The summed E-state index contributed by atoms with van der Waals surface area (Å²) in [5.41, 5.74) is 3.83. The highest BCUT2D eigenvalue weighted by Gasteiger charge is 2.63. The van der Waals surface area contributed by atoms with Crippen molar-refractivity contribution in [2.24, 2.45) is 0 Å². The summed E-state index contributed by atoms with van der Waals surface area (Å²) in [5, 5.41) is 0. The molecule has 2 aliphatic rings. The van der Waals surface area contributed by atoms with E-state index >= 15 is 0 Å². The summed E-state index contributed by atoms with van der Waals surface area (Å²) in [7, 11) is 0. The van der Waals surface area contributed by atoms with E-state index in [0.29, 0.717) is 13.1 Å². The van der Waals surface area contributed by atoms with Crippen molar-refractivity contribution in [2.45, 2.75) is 31.5 Å². The molecule has 2 aliphatic heterocycles. The number of benzene rings is 3. The molecule has 31 heavy (non-hydrogen) atoms. The van der Waals surface area contributed by atoms with E-state index in [0.717, 1.165) is 21.3 Å². The minimum Gasteiger partial charge on any atom is -0.335 e. The molecule has 0 N–H and O–H groups in total. The molecule has 3 nitrogen and oxygen atoms in total. The Morgan fingerprint density at radius 2 is 1.61 bits per heavy atom. The van der Waals surface area contributed by atoms with Crippen LogP contribution in [0.25, 0.3) is 6.08 Å². The first-order chi connectivity index (χ1) is 14.9. The van der Waals surface area contributed by atoms with E-state index in [2.05, 4.69) is 100 Å². The summed E-state index contributed by atoms with van der Waals surface area (Å²) >= 11 is 3.51. The number of carbonyl (C=O) groups excluding carboxylic acids is 1. The fourth-order valence-electron chi connectivity index (χ4n) is 5.21. The van der Waals surface area contributed by atoms with Crippen molar-refractivity contribution in [3.8, 4) is 0 Å². The Labute approximate surface area is 192 Å². The lowest BCUT2D eigenvalue weighted by Gasteiger charge is -2.46. The molecule has 1 fully saturated rings. The highest BCUT2D eigenvalue weighted by Crippen LogP contribution is 2.56. The third-order valence-electron chi connectivity index (χ3n) is 6.77. The van der Waals surface area contributed by atoms with Gasteiger partial charge in [-0.1, -0.05) is 96.5 Å². The molecule has 1 amide bonds. The lowest BCUT2D eigenvalue weighted by Crippen LogP contribution is -2.60. The van der Waals surface area contributed by atoms with Crippen molar-refractivity contribution < 1.29 is 4.79 Å². The van der Waals surface area contributed by atoms with Crippen molar-refractivity contribution in [3.05, 3.63) is 106 Å². The van der Waals surface area contributed by atoms with Crippen LogP contribution >= 0.6 is 15.9 Å². The smallest absolute Gasteiger partial charge is 0.244 e. The molecule has 2 heterocycles. The quantitative estimate of drug-likeness (QED) is 0.464. The van der Waals surface area contributed by atoms with Crippen molar-refractivity contribution >= 4 is 33.6 Å². The molecule has 1 atom stereocenters. The fourth-order valence-corrected chi connectivity index (χ4v) is 5.47. The van der Waals surface area contributed by atoms with E-state index in [4.69, 9.17) is 0 Å². The second-order valence-electron chi connectivity index (χ2n) is 8.80. The third kappa shape index (κ3) is 3.04. The first-order valence-electron chi connectivity index (χ1n) is 10.6. The van der Waals surface area contributed by atoms with Gasteiger partial charge in [0.05, 0.1) is 6.54 Å². The zero-order valence-corrected chi connectivity index (χ0v) is 19.3. The van der Waals surface area contributed by atoms with Crippen LogP contribution in [0.2, 0.25) is 0 Å². The van der Waals surface area contributed by atoms with Crippen molar-refractivity contribution in [3.63, 3.8) is 0 Å². The van der Waals surface area contributed by atoms with E-state index in [1.54, 1.807) is 0 Å². The first kappa shape index (κ1) is 20.1. The summed E-state index contributed by atoms with van der Waals surface area (Å²) in [6.07, 6.45) is 4.40. The number of rotatable bonds is 4. The number of hydrogen-bond acceptors (Lipinski definition) is 2. The second kappa shape index (κ2) is 7.38. The highest BCUT2D eigenvalue weighted by molar-refractivity contribution is 9.10. The van der Waals surface area contributed by atoms with Crippen LogP contribution in [-0.2, 0) is 16.8 Å². The number of fused-ring (bicyclic) bond motifs is 3. The Morgan fingerprint density at radius 1 is 0.935 bits per heavy atom. The van der Waals surface area contributed by atoms with Gasteiger partial charge in [-0.25, -0.2) is 0 Å². The maximum absolute atomic E-state index is 13.4. The maximum Gasteiger partial charge on any atom is 0.244 e. The largest absolute Gasteiger partial charge is 0.335 e. The van der Waals surface area contributed by atoms with Gasteiger partial charge in [0.2, 0.25) is 5.91 Å². The molecule has 156 valence electrons.